The smallest absolute Gasteiger partial charge is 0.354 e. The number of halogens is 1. The lowest BCUT2D eigenvalue weighted by molar-refractivity contribution is 0.619. The van der Waals surface area contributed by atoms with Gasteiger partial charge in [-0.05, 0) is 30.7 Å². The molecule has 0 aliphatic heterocycles. The van der Waals surface area contributed by atoms with Crippen molar-refractivity contribution in [3.8, 4) is 5.69 Å². The Bertz CT molecular complexity index is 1140. The Hall–Kier alpha value is -2.79. The van der Waals surface area contributed by atoms with E-state index in [1.165, 1.54) is 0 Å². The molecule has 2 aromatic carbocycles. The maximum Gasteiger partial charge on any atom is 0.354 e. The molecule has 4 rings (SSSR count). The van der Waals surface area contributed by atoms with Crippen molar-refractivity contribution in [1.82, 2.24) is 9.55 Å². The minimum atomic E-state index is -0.372. The minimum absolute atomic E-state index is 0.372. The normalized spacial score (nSPS) is 11.3. The molecule has 0 fully saturated rings. The molecule has 0 spiro atoms. The van der Waals surface area contributed by atoms with Gasteiger partial charge in [0.1, 0.15) is 11.4 Å². The molecule has 0 saturated carbocycles. The quantitative estimate of drug-likeness (QED) is 0.596. The van der Waals surface area contributed by atoms with E-state index in [0.717, 1.165) is 22.0 Å². The molecule has 0 aliphatic carbocycles. The van der Waals surface area contributed by atoms with Crippen LogP contribution >= 0.6 is 11.6 Å². The number of anilines is 1. The van der Waals surface area contributed by atoms with Crippen molar-refractivity contribution in [1.29, 1.82) is 0 Å². The number of nitrogens with zero attached hydrogens (tertiary/aromatic N) is 2. The van der Waals surface area contributed by atoms with Crippen molar-refractivity contribution in [2.24, 2.45) is 0 Å². The van der Waals surface area contributed by atoms with Crippen molar-refractivity contribution in [3.05, 3.63) is 63.7 Å². The van der Waals surface area contributed by atoms with Gasteiger partial charge in [-0.1, -0.05) is 29.8 Å². The number of aromatic nitrogens is 2. The monoisotopic (exact) mass is 339 g/mol. The van der Waals surface area contributed by atoms with E-state index in [2.05, 4.69) is 10.3 Å². The van der Waals surface area contributed by atoms with Crippen LogP contribution in [-0.2, 0) is 0 Å². The number of nitrogens with one attached hydrogen (secondary N) is 1. The van der Waals surface area contributed by atoms with Crippen molar-refractivity contribution >= 4 is 39.3 Å². The van der Waals surface area contributed by atoms with Gasteiger partial charge in [-0.3, -0.25) is 4.57 Å². The Balaban J connectivity index is 2.27. The van der Waals surface area contributed by atoms with Crippen molar-refractivity contribution in [2.75, 3.05) is 12.4 Å². The third-order valence-electron chi connectivity index (χ3n) is 4.14. The summed E-state index contributed by atoms with van der Waals surface area (Å²) in [6.45, 7) is 1.95. The first kappa shape index (κ1) is 14.8. The van der Waals surface area contributed by atoms with Gasteiger partial charge in [-0.25, -0.2) is 4.79 Å². The average Bonchev–Trinajstić information content (AvgIpc) is 3.05. The summed E-state index contributed by atoms with van der Waals surface area (Å²) >= 11 is 6.41. The van der Waals surface area contributed by atoms with Crippen molar-refractivity contribution < 1.29 is 4.42 Å². The Morgan fingerprint density at radius 3 is 2.79 bits per heavy atom. The summed E-state index contributed by atoms with van der Waals surface area (Å²) in [6, 6.07) is 11.2. The fraction of sp³-hybridized carbons (Fsp3) is 0.111. The number of hydrogen-bond acceptors (Lipinski definition) is 4. The maximum absolute atomic E-state index is 12.7. The van der Waals surface area contributed by atoms with E-state index in [1.807, 2.05) is 31.2 Å². The lowest BCUT2D eigenvalue weighted by Gasteiger charge is -2.15. The predicted octanol–water partition coefficient (Wildman–Crippen LogP) is 4.14. The molecule has 0 atom stereocenters. The van der Waals surface area contributed by atoms with Crippen LogP contribution in [0.1, 0.15) is 5.56 Å². The zero-order valence-electron chi connectivity index (χ0n) is 13.1. The van der Waals surface area contributed by atoms with E-state index in [1.54, 1.807) is 30.0 Å². The largest absolute Gasteiger partial charge is 0.463 e. The topological polar surface area (TPSA) is 60.1 Å². The zero-order chi connectivity index (χ0) is 16.8. The first-order chi connectivity index (χ1) is 11.6. The standard InChI is InChI=1S/C18H14ClN3O2/c1-10-5-3-4-6-13(10)22-14-9-12(19)11-7-8-24-16(11)15(14)17(20-2)21-18(22)23/h3-9H,1-2H3,(H,20,21,23). The maximum atomic E-state index is 12.7. The Labute approximate surface area is 142 Å². The molecule has 0 bridgehead atoms. The highest BCUT2D eigenvalue weighted by atomic mass is 35.5. The Kier molecular flexibility index (Phi) is 3.32. The van der Waals surface area contributed by atoms with Crippen LogP contribution in [0, 0.1) is 6.92 Å². The van der Waals surface area contributed by atoms with E-state index >= 15 is 0 Å². The summed E-state index contributed by atoms with van der Waals surface area (Å²) in [5.41, 5.74) is 2.63. The molecular formula is C18H14ClN3O2. The molecular weight excluding hydrogens is 326 g/mol. The van der Waals surface area contributed by atoms with Crippen LogP contribution in [0.3, 0.4) is 0 Å². The fourth-order valence-electron chi connectivity index (χ4n) is 3.02. The molecule has 5 nitrogen and oxygen atoms in total. The summed E-state index contributed by atoms with van der Waals surface area (Å²) in [6.07, 6.45) is 1.58. The molecule has 2 heterocycles. The summed E-state index contributed by atoms with van der Waals surface area (Å²) in [5.74, 6) is 0.469. The zero-order valence-corrected chi connectivity index (χ0v) is 13.9. The van der Waals surface area contributed by atoms with E-state index in [9.17, 15) is 4.79 Å². The fourth-order valence-corrected chi connectivity index (χ4v) is 3.27. The Morgan fingerprint density at radius 1 is 1.25 bits per heavy atom. The highest BCUT2D eigenvalue weighted by Gasteiger charge is 2.18. The number of hydrogen-bond donors (Lipinski definition) is 1. The van der Waals surface area contributed by atoms with E-state index in [4.69, 9.17) is 16.0 Å². The molecule has 0 aliphatic rings. The number of aryl methyl sites for hydroxylation is 1. The van der Waals surface area contributed by atoms with E-state index in [0.29, 0.717) is 21.9 Å². The molecule has 2 aromatic heterocycles. The number of para-hydroxylation sites is 1. The summed E-state index contributed by atoms with van der Waals surface area (Å²) < 4.78 is 7.20. The third kappa shape index (κ3) is 2.02. The van der Waals surface area contributed by atoms with Crippen LogP contribution < -0.4 is 11.0 Å². The number of benzene rings is 2. The lowest BCUT2D eigenvalue weighted by atomic mass is 10.1. The molecule has 6 heteroatoms. The molecule has 0 saturated heterocycles. The van der Waals surface area contributed by atoms with E-state index < -0.39 is 0 Å². The molecule has 4 aromatic rings. The van der Waals surface area contributed by atoms with Gasteiger partial charge in [0, 0.05) is 12.4 Å². The SMILES string of the molecule is CNc1nc(=O)n(-c2ccccc2C)c2cc(Cl)c3ccoc3c12. The number of rotatable bonds is 2. The van der Waals surface area contributed by atoms with Crippen LogP contribution in [-0.4, -0.2) is 16.6 Å². The second kappa shape index (κ2) is 5.39. The van der Waals surface area contributed by atoms with Crippen molar-refractivity contribution in [3.63, 3.8) is 0 Å². The molecule has 0 unspecified atom stereocenters. The van der Waals surface area contributed by atoms with Crippen LogP contribution in [0.25, 0.3) is 27.6 Å². The van der Waals surface area contributed by atoms with Crippen LogP contribution in [0.15, 0.2) is 51.9 Å². The molecule has 120 valence electrons. The minimum Gasteiger partial charge on any atom is -0.463 e. The van der Waals surface area contributed by atoms with Gasteiger partial charge in [0.05, 0.1) is 27.9 Å². The molecule has 1 N–H and O–H groups in total. The van der Waals surface area contributed by atoms with Gasteiger partial charge >= 0.3 is 5.69 Å². The second-order valence-corrected chi connectivity index (χ2v) is 5.94. The van der Waals surface area contributed by atoms with E-state index in [-0.39, 0.29) is 5.69 Å². The van der Waals surface area contributed by atoms with Gasteiger partial charge in [-0.15, -0.1) is 0 Å². The van der Waals surface area contributed by atoms with Crippen LogP contribution in [0.2, 0.25) is 5.02 Å². The molecule has 0 radical (unpaired) electrons. The summed E-state index contributed by atoms with van der Waals surface area (Å²) in [5, 5.41) is 5.02. The van der Waals surface area contributed by atoms with Gasteiger partial charge in [-0.2, -0.15) is 4.98 Å². The summed E-state index contributed by atoms with van der Waals surface area (Å²) in [7, 11) is 1.72. The van der Waals surface area contributed by atoms with Crippen LogP contribution in [0.4, 0.5) is 5.82 Å². The van der Waals surface area contributed by atoms with Gasteiger partial charge in [0.25, 0.3) is 0 Å². The van der Waals surface area contributed by atoms with Gasteiger partial charge in [0.2, 0.25) is 0 Å². The van der Waals surface area contributed by atoms with Gasteiger partial charge in [0.15, 0.2) is 0 Å². The summed E-state index contributed by atoms with van der Waals surface area (Å²) in [4.78, 5) is 16.9. The number of furan rings is 1. The van der Waals surface area contributed by atoms with Crippen molar-refractivity contribution in [2.45, 2.75) is 6.92 Å². The molecule has 0 amide bonds. The third-order valence-corrected chi connectivity index (χ3v) is 4.45. The number of fused-ring (bicyclic) bond motifs is 3. The first-order valence-electron chi connectivity index (χ1n) is 7.48. The lowest BCUT2D eigenvalue weighted by Crippen LogP contribution is -2.23. The second-order valence-electron chi connectivity index (χ2n) is 5.53. The predicted molar refractivity (Wildman–Crippen MR) is 96.4 cm³/mol. The highest BCUT2D eigenvalue weighted by molar-refractivity contribution is 6.37. The van der Waals surface area contributed by atoms with Crippen LogP contribution in [0.5, 0.6) is 0 Å². The Morgan fingerprint density at radius 2 is 2.04 bits per heavy atom. The molecule has 24 heavy (non-hydrogen) atoms. The average molecular weight is 340 g/mol. The highest BCUT2D eigenvalue weighted by Crippen LogP contribution is 2.35. The van der Waals surface area contributed by atoms with Gasteiger partial charge < -0.3 is 9.73 Å². The first-order valence-corrected chi connectivity index (χ1v) is 7.86.